The highest BCUT2D eigenvalue weighted by atomic mass is 16.6. The van der Waals surface area contributed by atoms with Gasteiger partial charge in [-0.15, -0.1) is 0 Å². The second-order valence-corrected chi connectivity index (χ2v) is 4.74. The number of unbranched alkanes of at least 4 members (excludes halogenated alkanes) is 3. The van der Waals surface area contributed by atoms with Crippen LogP contribution >= 0.6 is 0 Å². The predicted molar refractivity (Wildman–Crippen MR) is 78.2 cm³/mol. The van der Waals surface area contributed by atoms with Gasteiger partial charge in [0.1, 0.15) is 0 Å². The standard InChI is InChI=1S/C15H27NO4/c1-6-8-9-10-11-16(15(18)19-7-2)13(5)20-14(17)12(3)4/h13H,3,6-11H2,1-2,4-5H3. The molecule has 0 heterocycles. The first kappa shape index (κ1) is 18.5. The third-order valence-corrected chi connectivity index (χ3v) is 2.82. The fraction of sp³-hybridized carbons (Fsp3) is 0.733. The summed E-state index contributed by atoms with van der Waals surface area (Å²) in [4.78, 5) is 24.8. The summed E-state index contributed by atoms with van der Waals surface area (Å²) in [5.74, 6) is -0.500. The van der Waals surface area contributed by atoms with Crippen LogP contribution in [0, 0.1) is 0 Å². The van der Waals surface area contributed by atoms with Gasteiger partial charge in [-0.3, -0.25) is 4.90 Å². The van der Waals surface area contributed by atoms with E-state index in [4.69, 9.17) is 9.47 Å². The van der Waals surface area contributed by atoms with Gasteiger partial charge in [-0.1, -0.05) is 32.8 Å². The highest BCUT2D eigenvalue weighted by Crippen LogP contribution is 2.10. The van der Waals surface area contributed by atoms with Gasteiger partial charge in [0.05, 0.1) is 6.61 Å². The molecule has 0 N–H and O–H groups in total. The molecule has 0 aliphatic heterocycles. The van der Waals surface area contributed by atoms with Crippen molar-refractivity contribution in [3.63, 3.8) is 0 Å². The molecule has 0 rings (SSSR count). The first-order valence-corrected chi connectivity index (χ1v) is 7.23. The van der Waals surface area contributed by atoms with E-state index in [9.17, 15) is 9.59 Å². The van der Waals surface area contributed by atoms with Crippen LogP contribution < -0.4 is 0 Å². The van der Waals surface area contributed by atoms with Crippen LogP contribution in [0.2, 0.25) is 0 Å². The topological polar surface area (TPSA) is 55.8 Å². The third-order valence-electron chi connectivity index (χ3n) is 2.82. The lowest BCUT2D eigenvalue weighted by Gasteiger charge is -2.28. The fourth-order valence-corrected chi connectivity index (χ4v) is 1.66. The van der Waals surface area contributed by atoms with Crippen molar-refractivity contribution in [2.75, 3.05) is 13.2 Å². The molecular formula is C15H27NO4. The summed E-state index contributed by atoms with van der Waals surface area (Å²) in [6.07, 6.45) is 3.04. The molecule has 0 aromatic rings. The predicted octanol–water partition coefficient (Wildman–Crippen LogP) is 3.49. The van der Waals surface area contributed by atoms with Gasteiger partial charge in [0.15, 0.2) is 6.23 Å². The Labute approximate surface area is 121 Å². The molecule has 5 heteroatoms. The van der Waals surface area contributed by atoms with Gasteiger partial charge < -0.3 is 9.47 Å². The lowest BCUT2D eigenvalue weighted by molar-refractivity contribution is -0.150. The average molecular weight is 285 g/mol. The van der Waals surface area contributed by atoms with Crippen LogP contribution in [0.4, 0.5) is 4.79 Å². The smallest absolute Gasteiger partial charge is 0.412 e. The van der Waals surface area contributed by atoms with E-state index in [-0.39, 0.29) is 0 Å². The Morgan fingerprint density at radius 1 is 1.20 bits per heavy atom. The molecule has 0 fully saturated rings. The van der Waals surface area contributed by atoms with E-state index in [0.29, 0.717) is 18.7 Å². The molecule has 0 aliphatic carbocycles. The molecule has 0 saturated heterocycles. The second kappa shape index (κ2) is 10.3. The Bertz CT molecular complexity index is 328. The summed E-state index contributed by atoms with van der Waals surface area (Å²) in [6, 6.07) is 0. The monoisotopic (exact) mass is 285 g/mol. The number of nitrogens with zero attached hydrogens (tertiary/aromatic N) is 1. The number of amides is 1. The third kappa shape index (κ3) is 7.16. The van der Waals surface area contributed by atoms with Gasteiger partial charge in [-0.2, -0.15) is 0 Å². The van der Waals surface area contributed by atoms with Gasteiger partial charge in [0.2, 0.25) is 0 Å². The summed E-state index contributed by atoms with van der Waals surface area (Å²) < 4.78 is 10.2. The first-order valence-electron chi connectivity index (χ1n) is 7.23. The van der Waals surface area contributed by atoms with Crippen molar-refractivity contribution in [2.45, 2.75) is 59.6 Å². The highest BCUT2D eigenvalue weighted by Gasteiger charge is 2.24. The van der Waals surface area contributed by atoms with Crippen LogP contribution in [0.3, 0.4) is 0 Å². The van der Waals surface area contributed by atoms with E-state index >= 15 is 0 Å². The molecule has 20 heavy (non-hydrogen) atoms. The minimum atomic E-state index is -0.653. The van der Waals surface area contributed by atoms with Gasteiger partial charge in [0.25, 0.3) is 0 Å². The number of esters is 1. The number of carbonyl (C=O) groups excluding carboxylic acids is 2. The number of hydrogen-bond acceptors (Lipinski definition) is 4. The summed E-state index contributed by atoms with van der Waals surface area (Å²) >= 11 is 0. The largest absolute Gasteiger partial charge is 0.450 e. The zero-order valence-corrected chi connectivity index (χ0v) is 13.1. The Balaban J connectivity index is 4.52. The van der Waals surface area contributed by atoms with Crippen molar-refractivity contribution < 1.29 is 19.1 Å². The van der Waals surface area contributed by atoms with Gasteiger partial charge >= 0.3 is 12.1 Å². The van der Waals surface area contributed by atoms with Gasteiger partial charge in [-0.05, 0) is 27.2 Å². The highest BCUT2D eigenvalue weighted by molar-refractivity contribution is 5.87. The van der Waals surface area contributed by atoms with Crippen molar-refractivity contribution in [3.05, 3.63) is 12.2 Å². The van der Waals surface area contributed by atoms with E-state index in [2.05, 4.69) is 13.5 Å². The number of carbonyl (C=O) groups is 2. The molecule has 0 spiro atoms. The number of hydrogen-bond donors (Lipinski definition) is 0. The molecule has 0 saturated carbocycles. The molecule has 116 valence electrons. The molecular weight excluding hydrogens is 258 g/mol. The zero-order valence-electron chi connectivity index (χ0n) is 13.1. The minimum Gasteiger partial charge on any atom is -0.450 e. The van der Waals surface area contributed by atoms with Crippen LogP contribution in [-0.4, -0.2) is 36.3 Å². The van der Waals surface area contributed by atoms with Crippen LogP contribution in [0.25, 0.3) is 0 Å². The number of rotatable bonds is 9. The molecule has 0 aromatic carbocycles. The summed E-state index contributed by atoms with van der Waals surface area (Å²) in [6.45, 7) is 11.5. The molecule has 1 unspecified atom stereocenters. The van der Waals surface area contributed by atoms with Crippen LogP contribution in [0.15, 0.2) is 12.2 Å². The molecule has 0 aromatic heterocycles. The lowest BCUT2D eigenvalue weighted by atomic mass is 10.2. The zero-order chi connectivity index (χ0) is 15.5. The maximum Gasteiger partial charge on any atom is 0.412 e. The lowest BCUT2D eigenvalue weighted by Crippen LogP contribution is -2.42. The molecule has 1 atom stereocenters. The number of ether oxygens (including phenoxy) is 2. The van der Waals surface area contributed by atoms with Crippen LogP contribution in [0.1, 0.15) is 53.4 Å². The van der Waals surface area contributed by atoms with Crippen LogP contribution in [-0.2, 0) is 14.3 Å². The summed E-state index contributed by atoms with van der Waals surface area (Å²) in [5.41, 5.74) is 0.312. The SMILES string of the molecule is C=C(C)C(=O)OC(C)N(CCCCCC)C(=O)OCC. The minimum absolute atomic E-state index is 0.297. The van der Waals surface area contributed by atoms with Crippen molar-refractivity contribution in [1.82, 2.24) is 4.90 Å². The Hall–Kier alpha value is -1.52. The van der Waals surface area contributed by atoms with Crippen molar-refractivity contribution in [3.8, 4) is 0 Å². The average Bonchev–Trinajstić information content (AvgIpc) is 2.38. The Morgan fingerprint density at radius 2 is 1.85 bits per heavy atom. The maximum absolute atomic E-state index is 11.9. The molecule has 0 radical (unpaired) electrons. The van der Waals surface area contributed by atoms with Crippen LogP contribution in [0.5, 0.6) is 0 Å². The van der Waals surface area contributed by atoms with Crippen molar-refractivity contribution in [2.24, 2.45) is 0 Å². The van der Waals surface area contributed by atoms with E-state index < -0.39 is 18.3 Å². The molecule has 0 aliphatic rings. The summed E-state index contributed by atoms with van der Waals surface area (Å²) in [5, 5.41) is 0. The Kier molecular flexibility index (Phi) is 9.51. The normalized spacial score (nSPS) is 11.6. The second-order valence-electron chi connectivity index (χ2n) is 4.74. The van der Waals surface area contributed by atoms with E-state index in [1.807, 2.05) is 0 Å². The van der Waals surface area contributed by atoms with Crippen molar-refractivity contribution in [1.29, 1.82) is 0 Å². The van der Waals surface area contributed by atoms with Crippen molar-refractivity contribution >= 4 is 12.1 Å². The van der Waals surface area contributed by atoms with E-state index in [0.717, 1.165) is 25.7 Å². The molecule has 5 nitrogen and oxygen atoms in total. The van der Waals surface area contributed by atoms with Gasteiger partial charge in [0, 0.05) is 12.1 Å². The quantitative estimate of drug-likeness (QED) is 0.281. The van der Waals surface area contributed by atoms with E-state index in [1.165, 1.54) is 4.90 Å². The molecule has 1 amide bonds. The maximum atomic E-state index is 11.9. The fourth-order valence-electron chi connectivity index (χ4n) is 1.66. The Morgan fingerprint density at radius 3 is 2.35 bits per heavy atom. The summed E-state index contributed by atoms with van der Waals surface area (Å²) in [7, 11) is 0. The van der Waals surface area contributed by atoms with Gasteiger partial charge in [-0.25, -0.2) is 9.59 Å². The van der Waals surface area contributed by atoms with E-state index in [1.54, 1.807) is 20.8 Å². The molecule has 0 bridgehead atoms. The first-order chi connectivity index (χ1) is 9.43.